The highest BCUT2D eigenvalue weighted by atomic mass is 79.9. The fraction of sp³-hybridized carbons (Fsp3) is 0.160. The van der Waals surface area contributed by atoms with Gasteiger partial charge in [-0.1, -0.05) is 35.9 Å². The summed E-state index contributed by atoms with van der Waals surface area (Å²) in [5.74, 6) is 0.969. The van der Waals surface area contributed by atoms with Crippen LogP contribution in [0.15, 0.2) is 71.2 Å². The molecule has 0 aliphatic carbocycles. The van der Waals surface area contributed by atoms with Crippen LogP contribution in [0.1, 0.15) is 34.0 Å². The molecule has 0 aliphatic heterocycles. The van der Waals surface area contributed by atoms with E-state index < -0.39 is 4.92 Å². The van der Waals surface area contributed by atoms with E-state index in [1.165, 1.54) is 18.2 Å². The Morgan fingerprint density at radius 3 is 2.38 bits per heavy atom. The molecule has 6 nitrogen and oxygen atoms in total. The van der Waals surface area contributed by atoms with E-state index >= 15 is 0 Å². The first-order chi connectivity index (χ1) is 15.4. The molecule has 32 heavy (non-hydrogen) atoms. The number of hydrogen-bond acceptors (Lipinski definition) is 5. The number of nitro groups is 1. The van der Waals surface area contributed by atoms with Crippen molar-refractivity contribution in [1.29, 1.82) is 0 Å². The molecule has 0 amide bonds. The predicted molar refractivity (Wildman–Crippen MR) is 127 cm³/mol. The zero-order chi connectivity index (χ0) is 23.1. The van der Waals surface area contributed by atoms with E-state index in [9.17, 15) is 14.9 Å². The van der Waals surface area contributed by atoms with Crippen LogP contribution in [0.2, 0.25) is 0 Å². The van der Waals surface area contributed by atoms with Crippen LogP contribution in [0.3, 0.4) is 0 Å². The molecule has 0 N–H and O–H groups in total. The number of ether oxygens (including phenoxy) is 2. The molecular weight excluding hydrogens is 474 g/mol. The fourth-order valence-electron chi connectivity index (χ4n) is 2.94. The second-order valence-corrected chi connectivity index (χ2v) is 7.89. The third-order valence-corrected chi connectivity index (χ3v) is 5.21. The summed E-state index contributed by atoms with van der Waals surface area (Å²) in [7, 11) is 0. The molecule has 0 fully saturated rings. The maximum Gasteiger partial charge on any atom is 0.269 e. The SMILES string of the molecule is CCOc1cc(/C=C/C(=O)c2ccc(C)cc2)cc(Br)c1OCc1ccc([N+](=O)[O-])cc1. The first-order valence-electron chi connectivity index (χ1n) is 9.99. The molecule has 0 spiro atoms. The molecule has 3 aromatic carbocycles. The van der Waals surface area contributed by atoms with Crippen molar-refractivity contribution in [1.82, 2.24) is 0 Å². The van der Waals surface area contributed by atoms with Gasteiger partial charge in [-0.2, -0.15) is 0 Å². The molecule has 0 aromatic heterocycles. The highest BCUT2D eigenvalue weighted by Crippen LogP contribution is 2.38. The Kier molecular flexibility index (Phi) is 7.78. The van der Waals surface area contributed by atoms with Crippen molar-refractivity contribution in [3.63, 3.8) is 0 Å². The van der Waals surface area contributed by atoms with Crippen LogP contribution in [-0.4, -0.2) is 17.3 Å². The monoisotopic (exact) mass is 495 g/mol. The quantitative estimate of drug-likeness (QED) is 0.146. The summed E-state index contributed by atoms with van der Waals surface area (Å²) in [5.41, 5.74) is 3.32. The summed E-state index contributed by atoms with van der Waals surface area (Å²) in [6, 6.07) is 17.2. The molecule has 0 saturated heterocycles. The van der Waals surface area contributed by atoms with Crippen LogP contribution in [0, 0.1) is 17.0 Å². The number of rotatable bonds is 9. The van der Waals surface area contributed by atoms with Crippen LogP contribution < -0.4 is 9.47 Å². The number of hydrogen-bond donors (Lipinski definition) is 0. The zero-order valence-corrected chi connectivity index (χ0v) is 19.3. The van der Waals surface area contributed by atoms with Crippen molar-refractivity contribution in [2.45, 2.75) is 20.5 Å². The Hall–Kier alpha value is -3.45. The van der Waals surface area contributed by atoms with E-state index in [1.54, 1.807) is 36.4 Å². The zero-order valence-electron chi connectivity index (χ0n) is 17.7. The van der Waals surface area contributed by atoms with Crippen molar-refractivity contribution in [2.24, 2.45) is 0 Å². The van der Waals surface area contributed by atoms with E-state index in [0.29, 0.717) is 28.1 Å². The lowest BCUT2D eigenvalue weighted by molar-refractivity contribution is -0.384. The third-order valence-electron chi connectivity index (χ3n) is 4.63. The maximum atomic E-state index is 12.4. The number of carbonyl (C=O) groups excluding carboxylic acids is 1. The molecule has 0 bridgehead atoms. The Bertz CT molecular complexity index is 1140. The van der Waals surface area contributed by atoms with Crippen molar-refractivity contribution in [3.05, 3.63) is 104 Å². The van der Waals surface area contributed by atoms with E-state index in [1.807, 2.05) is 32.0 Å². The van der Waals surface area contributed by atoms with E-state index in [0.717, 1.165) is 16.7 Å². The molecule has 0 radical (unpaired) electrons. The second-order valence-electron chi connectivity index (χ2n) is 7.04. The number of aryl methyl sites for hydroxylation is 1. The normalized spacial score (nSPS) is 10.8. The van der Waals surface area contributed by atoms with Gasteiger partial charge >= 0.3 is 0 Å². The average molecular weight is 496 g/mol. The maximum absolute atomic E-state index is 12.4. The minimum absolute atomic E-state index is 0.0289. The number of carbonyl (C=O) groups is 1. The number of ketones is 1. The molecular formula is C25H22BrNO5. The molecule has 7 heteroatoms. The molecule has 3 rings (SSSR count). The topological polar surface area (TPSA) is 78.7 Å². The highest BCUT2D eigenvalue weighted by molar-refractivity contribution is 9.10. The molecule has 0 atom stereocenters. The summed E-state index contributed by atoms with van der Waals surface area (Å²) < 4.78 is 12.3. The Morgan fingerprint density at radius 2 is 1.75 bits per heavy atom. The van der Waals surface area contributed by atoms with Gasteiger partial charge in [0.1, 0.15) is 6.61 Å². The van der Waals surface area contributed by atoms with Gasteiger partial charge in [-0.15, -0.1) is 0 Å². The lowest BCUT2D eigenvalue weighted by Gasteiger charge is -2.15. The second kappa shape index (κ2) is 10.7. The Morgan fingerprint density at radius 1 is 1.06 bits per heavy atom. The van der Waals surface area contributed by atoms with Crippen molar-refractivity contribution in [2.75, 3.05) is 6.61 Å². The molecule has 3 aromatic rings. The van der Waals surface area contributed by atoms with Gasteiger partial charge in [0, 0.05) is 17.7 Å². The average Bonchev–Trinajstić information content (AvgIpc) is 2.78. The van der Waals surface area contributed by atoms with E-state index in [2.05, 4.69) is 15.9 Å². The first kappa shape index (κ1) is 23.2. The lowest BCUT2D eigenvalue weighted by atomic mass is 10.1. The van der Waals surface area contributed by atoms with Gasteiger partial charge in [0.2, 0.25) is 0 Å². The summed E-state index contributed by atoms with van der Waals surface area (Å²) in [6.07, 6.45) is 3.26. The minimum atomic E-state index is -0.440. The minimum Gasteiger partial charge on any atom is -0.490 e. The number of benzene rings is 3. The third kappa shape index (κ3) is 6.04. The fourth-order valence-corrected chi connectivity index (χ4v) is 3.52. The van der Waals surface area contributed by atoms with Crippen LogP contribution in [0.25, 0.3) is 6.08 Å². The van der Waals surface area contributed by atoms with Gasteiger partial charge in [0.15, 0.2) is 17.3 Å². The summed E-state index contributed by atoms with van der Waals surface area (Å²) in [6.45, 7) is 4.51. The summed E-state index contributed by atoms with van der Waals surface area (Å²) in [4.78, 5) is 22.8. The van der Waals surface area contributed by atoms with Crippen molar-refractivity contribution in [3.8, 4) is 11.5 Å². The smallest absolute Gasteiger partial charge is 0.269 e. The first-order valence-corrected chi connectivity index (χ1v) is 10.8. The number of allylic oxidation sites excluding steroid dienone is 1. The van der Waals surface area contributed by atoms with Crippen LogP contribution in [0.5, 0.6) is 11.5 Å². The largest absolute Gasteiger partial charge is 0.490 e. The van der Waals surface area contributed by atoms with Crippen LogP contribution in [0.4, 0.5) is 5.69 Å². The van der Waals surface area contributed by atoms with Gasteiger partial charge in [-0.3, -0.25) is 14.9 Å². The molecule has 0 saturated carbocycles. The Balaban J connectivity index is 1.77. The molecule has 0 unspecified atom stereocenters. The predicted octanol–water partition coefficient (Wildman–Crippen LogP) is 6.54. The summed E-state index contributed by atoms with van der Waals surface area (Å²) >= 11 is 3.52. The summed E-state index contributed by atoms with van der Waals surface area (Å²) in [5, 5.41) is 10.8. The van der Waals surface area contributed by atoms with Crippen LogP contribution >= 0.6 is 15.9 Å². The van der Waals surface area contributed by atoms with Gasteiger partial charge in [-0.05, 0) is 71.2 Å². The van der Waals surface area contributed by atoms with Gasteiger partial charge in [-0.25, -0.2) is 0 Å². The lowest BCUT2D eigenvalue weighted by Crippen LogP contribution is -2.01. The van der Waals surface area contributed by atoms with E-state index in [-0.39, 0.29) is 18.1 Å². The Labute approximate surface area is 194 Å². The molecule has 0 aliphatic rings. The standard InChI is InChI=1S/C25H22BrNO5/c1-3-31-24-15-19(8-13-23(28)20-9-4-17(2)5-10-20)14-22(26)25(24)32-16-18-6-11-21(12-7-18)27(29)30/h4-15H,3,16H2,1-2H3/b13-8+. The number of nitrogens with zero attached hydrogens (tertiary/aromatic N) is 1. The van der Waals surface area contributed by atoms with E-state index in [4.69, 9.17) is 9.47 Å². The molecule has 164 valence electrons. The molecule has 0 heterocycles. The van der Waals surface area contributed by atoms with Crippen LogP contribution in [-0.2, 0) is 6.61 Å². The number of nitro benzene ring substituents is 1. The van der Waals surface area contributed by atoms with Gasteiger partial charge in [0.25, 0.3) is 5.69 Å². The highest BCUT2D eigenvalue weighted by Gasteiger charge is 2.13. The van der Waals surface area contributed by atoms with Crippen molar-refractivity contribution < 1.29 is 19.2 Å². The van der Waals surface area contributed by atoms with Gasteiger partial charge in [0.05, 0.1) is 16.0 Å². The number of non-ortho nitro benzene ring substituents is 1. The van der Waals surface area contributed by atoms with Crippen molar-refractivity contribution >= 4 is 33.5 Å². The number of halogens is 1. The van der Waals surface area contributed by atoms with Gasteiger partial charge < -0.3 is 9.47 Å².